The van der Waals surface area contributed by atoms with Crippen LogP contribution in [0.4, 0.5) is 4.39 Å². The van der Waals surface area contributed by atoms with E-state index in [9.17, 15) is 14.0 Å². The summed E-state index contributed by atoms with van der Waals surface area (Å²) in [6.07, 6.45) is 3.53. The average molecular weight is 345 g/mol. The monoisotopic (exact) mass is 345 g/mol. The second-order valence-electron chi connectivity index (χ2n) is 7.40. The molecule has 25 heavy (non-hydrogen) atoms. The van der Waals surface area contributed by atoms with Crippen molar-refractivity contribution in [2.75, 3.05) is 32.7 Å². The van der Waals surface area contributed by atoms with Crippen LogP contribution >= 0.6 is 0 Å². The lowest BCUT2D eigenvalue weighted by Gasteiger charge is -2.42. The highest BCUT2D eigenvalue weighted by molar-refractivity contribution is 5.91. The molecule has 3 aliphatic rings. The summed E-state index contributed by atoms with van der Waals surface area (Å²) < 4.78 is 13.2. The minimum Gasteiger partial charge on any atom is -0.340 e. The van der Waals surface area contributed by atoms with Gasteiger partial charge in [0.25, 0.3) is 0 Å². The number of piperazine rings is 1. The minimum absolute atomic E-state index is 0.122. The van der Waals surface area contributed by atoms with Crippen molar-refractivity contribution < 1.29 is 14.0 Å². The van der Waals surface area contributed by atoms with E-state index in [4.69, 9.17) is 0 Å². The summed E-state index contributed by atoms with van der Waals surface area (Å²) >= 11 is 0. The van der Waals surface area contributed by atoms with Crippen molar-refractivity contribution in [1.29, 1.82) is 0 Å². The zero-order valence-electron chi connectivity index (χ0n) is 14.3. The molecule has 5 nitrogen and oxygen atoms in total. The maximum atomic E-state index is 13.2. The van der Waals surface area contributed by atoms with E-state index in [0.29, 0.717) is 19.6 Å². The van der Waals surface area contributed by atoms with Crippen LogP contribution in [-0.4, -0.2) is 60.4 Å². The van der Waals surface area contributed by atoms with Crippen molar-refractivity contribution in [1.82, 2.24) is 15.1 Å². The smallest absolute Gasteiger partial charge is 0.236 e. The van der Waals surface area contributed by atoms with Gasteiger partial charge >= 0.3 is 0 Å². The molecule has 1 saturated carbocycles. The Morgan fingerprint density at radius 1 is 1.20 bits per heavy atom. The molecule has 2 saturated heterocycles. The number of amides is 2. The molecule has 3 fully saturated rings. The first-order valence-electron chi connectivity index (χ1n) is 9.16. The summed E-state index contributed by atoms with van der Waals surface area (Å²) in [6, 6.07) is 6.46. The van der Waals surface area contributed by atoms with Gasteiger partial charge in [0.2, 0.25) is 11.8 Å². The first kappa shape index (κ1) is 16.5. The molecular weight excluding hydrogens is 321 g/mol. The standard InChI is InChI=1S/C19H24FN3O2/c20-15-5-3-14(4-6-15)19(7-8-19)18(25)22-10-1-2-16(13-22)23-11-9-21-12-17(23)24/h3-6,16,21H,1-2,7-13H2. The van der Waals surface area contributed by atoms with E-state index in [0.717, 1.165) is 44.3 Å². The maximum absolute atomic E-state index is 13.2. The fraction of sp³-hybridized carbons (Fsp3) is 0.579. The van der Waals surface area contributed by atoms with Crippen molar-refractivity contribution in [3.63, 3.8) is 0 Å². The van der Waals surface area contributed by atoms with Crippen LogP contribution in [0.3, 0.4) is 0 Å². The summed E-state index contributed by atoms with van der Waals surface area (Å²) in [4.78, 5) is 29.2. The van der Waals surface area contributed by atoms with Crippen LogP contribution in [0.1, 0.15) is 31.2 Å². The number of hydrogen-bond donors (Lipinski definition) is 1. The Hall–Kier alpha value is -1.95. The van der Waals surface area contributed by atoms with Gasteiger partial charge < -0.3 is 15.1 Å². The maximum Gasteiger partial charge on any atom is 0.236 e. The summed E-state index contributed by atoms with van der Waals surface area (Å²) in [6.45, 7) is 3.29. The number of hydrogen-bond acceptors (Lipinski definition) is 3. The van der Waals surface area contributed by atoms with E-state index < -0.39 is 5.41 Å². The lowest BCUT2D eigenvalue weighted by molar-refractivity contribution is -0.141. The van der Waals surface area contributed by atoms with Crippen molar-refractivity contribution in [3.8, 4) is 0 Å². The zero-order valence-corrected chi connectivity index (χ0v) is 14.3. The van der Waals surface area contributed by atoms with E-state index in [-0.39, 0.29) is 23.7 Å². The van der Waals surface area contributed by atoms with Gasteiger partial charge in [-0.05, 0) is 43.4 Å². The van der Waals surface area contributed by atoms with E-state index in [1.54, 1.807) is 12.1 Å². The minimum atomic E-state index is -0.469. The number of rotatable bonds is 3. The number of carbonyl (C=O) groups excluding carboxylic acids is 2. The SMILES string of the molecule is O=C1CNCCN1C1CCCN(C(=O)C2(c3ccc(F)cc3)CC2)C1. The molecule has 1 unspecified atom stereocenters. The van der Waals surface area contributed by atoms with Crippen molar-refractivity contribution >= 4 is 11.8 Å². The molecule has 134 valence electrons. The average Bonchev–Trinajstić information content (AvgIpc) is 3.44. The van der Waals surface area contributed by atoms with Crippen LogP contribution in [0, 0.1) is 5.82 Å². The molecule has 1 aliphatic carbocycles. The Kier molecular flexibility index (Phi) is 4.23. The number of nitrogens with one attached hydrogen (secondary N) is 1. The molecule has 0 bridgehead atoms. The number of carbonyl (C=O) groups is 2. The molecule has 2 heterocycles. The highest BCUT2D eigenvalue weighted by Crippen LogP contribution is 2.50. The van der Waals surface area contributed by atoms with Crippen molar-refractivity contribution in [3.05, 3.63) is 35.6 Å². The molecule has 1 N–H and O–H groups in total. The highest BCUT2D eigenvalue weighted by atomic mass is 19.1. The van der Waals surface area contributed by atoms with Crippen LogP contribution in [0.25, 0.3) is 0 Å². The Bertz CT molecular complexity index is 672. The normalized spacial score (nSPS) is 25.8. The van der Waals surface area contributed by atoms with E-state index in [2.05, 4.69) is 5.32 Å². The lowest BCUT2D eigenvalue weighted by atomic mass is 9.92. The van der Waals surface area contributed by atoms with Crippen LogP contribution in [0.5, 0.6) is 0 Å². The Morgan fingerprint density at radius 3 is 2.64 bits per heavy atom. The molecule has 1 aromatic carbocycles. The molecule has 0 radical (unpaired) electrons. The first-order valence-corrected chi connectivity index (χ1v) is 9.16. The van der Waals surface area contributed by atoms with Gasteiger partial charge in [-0.15, -0.1) is 0 Å². The van der Waals surface area contributed by atoms with Crippen LogP contribution in [0.15, 0.2) is 24.3 Å². The van der Waals surface area contributed by atoms with Crippen LogP contribution < -0.4 is 5.32 Å². The highest BCUT2D eigenvalue weighted by Gasteiger charge is 2.53. The van der Waals surface area contributed by atoms with Crippen LogP contribution in [-0.2, 0) is 15.0 Å². The summed E-state index contributed by atoms with van der Waals surface area (Å²) in [5, 5.41) is 3.10. The zero-order chi connectivity index (χ0) is 17.4. The summed E-state index contributed by atoms with van der Waals surface area (Å²) in [5.41, 5.74) is 0.447. The summed E-state index contributed by atoms with van der Waals surface area (Å²) in [7, 11) is 0. The Labute approximate surface area is 147 Å². The molecule has 1 aromatic rings. The van der Waals surface area contributed by atoms with Gasteiger partial charge in [0.15, 0.2) is 0 Å². The van der Waals surface area contributed by atoms with Gasteiger partial charge in [0.05, 0.1) is 12.0 Å². The largest absolute Gasteiger partial charge is 0.340 e. The third-order valence-corrected chi connectivity index (χ3v) is 5.81. The fourth-order valence-electron chi connectivity index (χ4n) is 4.22. The number of piperidine rings is 1. The topological polar surface area (TPSA) is 52.7 Å². The summed E-state index contributed by atoms with van der Waals surface area (Å²) in [5.74, 6) is -0.00105. The molecule has 4 rings (SSSR count). The van der Waals surface area contributed by atoms with Gasteiger partial charge in [-0.1, -0.05) is 12.1 Å². The Balaban J connectivity index is 1.48. The van der Waals surface area contributed by atoms with E-state index in [1.165, 1.54) is 12.1 Å². The van der Waals surface area contributed by atoms with E-state index >= 15 is 0 Å². The molecule has 0 spiro atoms. The fourth-order valence-corrected chi connectivity index (χ4v) is 4.22. The van der Waals surface area contributed by atoms with Gasteiger partial charge in [0.1, 0.15) is 5.82 Å². The van der Waals surface area contributed by atoms with Crippen LogP contribution in [0.2, 0.25) is 0 Å². The molecule has 2 aliphatic heterocycles. The number of nitrogens with zero attached hydrogens (tertiary/aromatic N) is 2. The first-order chi connectivity index (χ1) is 12.1. The quantitative estimate of drug-likeness (QED) is 0.898. The second kappa shape index (κ2) is 6.41. The van der Waals surface area contributed by atoms with Crippen molar-refractivity contribution in [2.24, 2.45) is 0 Å². The third-order valence-electron chi connectivity index (χ3n) is 5.81. The number of benzene rings is 1. The molecule has 6 heteroatoms. The predicted molar refractivity (Wildman–Crippen MR) is 91.5 cm³/mol. The lowest BCUT2D eigenvalue weighted by Crippen LogP contribution is -2.58. The van der Waals surface area contributed by atoms with Gasteiger partial charge in [-0.3, -0.25) is 9.59 Å². The molecule has 1 atom stereocenters. The van der Waals surface area contributed by atoms with Gasteiger partial charge in [-0.25, -0.2) is 4.39 Å². The third kappa shape index (κ3) is 3.03. The predicted octanol–water partition coefficient (Wildman–Crippen LogP) is 1.28. The number of halogens is 1. The Morgan fingerprint density at radius 2 is 1.96 bits per heavy atom. The van der Waals surface area contributed by atoms with Crippen molar-refractivity contribution in [2.45, 2.75) is 37.1 Å². The van der Waals surface area contributed by atoms with E-state index in [1.807, 2.05) is 9.80 Å². The van der Waals surface area contributed by atoms with Gasteiger partial charge in [0, 0.05) is 32.2 Å². The molecule has 2 amide bonds. The molecule has 0 aromatic heterocycles. The number of likely N-dealkylation sites (tertiary alicyclic amines) is 1. The van der Waals surface area contributed by atoms with Gasteiger partial charge in [-0.2, -0.15) is 0 Å². The second-order valence-corrected chi connectivity index (χ2v) is 7.40. The molecular formula is C19H24FN3O2.